The summed E-state index contributed by atoms with van der Waals surface area (Å²) in [5.74, 6) is 0.969. The molecule has 5 nitrogen and oxygen atoms in total. The van der Waals surface area contributed by atoms with Crippen LogP contribution in [0.5, 0.6) is 0 Å². The van der Waals surface area contributed by atoms with Gasteiger partial charge >= 0.3 is 0 Å². The summed E-state index contributed by atoms with van der Waals surface area (Å²) in [5, 5.41) is 11.0. The molecule has 1 saturated heterocycles. The van der Waals surface area contributed by atoms with E-state index in [2.05, 4.69) is 55.9 Å². The van der Waals surface area contributed by atoms with Crippen molar-refractivity contribution < 1.29 is 0 Å². The number of hydrogen-bond acceptors (Lipinski definition) is 4. The van der Waals surface area contributed by atoms with Crippen molar-refractivity contribution in [3.8, 4) is 0 Å². The van der Waals surface area contributed by atoms with Crippen molar-refractivity contribution >= 4 is 33.2 Å². The number of benzene rings is 1. The number of aromatic nitrogens is 2. The lowest BCUT2D eigenvalue weighted by molar-refractivity contribution is 0.428. The van der Waals surface area contributed by atoms with Gasteiger partial charge in [0.25, 0.3) is 5.56 Å². The Bertz CT molecular complexity index is 762. The maximum Gasteiger partial charge on any atom is 0.282 e. The molecule has 0 aliphatic carbocycles. The highest BCUT2D eigenvalue weighted by molar-refractivity contribution is 9.10. The third-order valence-electron chi connectivity index (χ3n) is 4.39. The molecule has 3 rings (SSSR count). The van der Waals surface area contributed by atoms with Crippen LogP contribution in [-0.2, 0) is 12.9 Å². The number of hydrogen-bond donors (Lipinski definition) is 2. The highest BCUT2D eigenvalue weighted by Gasteiger charge is 2.23. The highest BCUT2D eigenvalue weighted by Crippen LogP contribution is 2.26. The molecular formula is C17H20BrClN4O. The van der Waals surface area contributed by atoms with Gasteiger partial charge < -0.3 is 10.6 Å². The van der Waals surface area contributed by atoms with Crippen LogP contribution in [0.2, 0.25) is 0 Å². The fraction of sp³-hybridized carbons (Fsp3) is 0.412. The van der Waals surface area contributed by atoms with Gasteiger partial charge in [0.2, 0.25) is 0 Å². The molecule has 0 radical (unpaired) electrons. The average molecular weight is 412 g/mol. The Hall–Kier alpha value is -1.37. The second-order valence-electron chi connectivity index (χ2n) is 6.11. The maximum atomic E-state index is 12.0. The van der Waals surface area contributed by atoms with Gasteiger partial charge in [-0.3, -0.25) is 4.79 Å². The molecule has 7 heteroatoms. The minimum atomic E-state index is -0.142. The van der Waals surface area contributed by atoms with E-state index in [0.29, 0.717) is 16.3 Å². The number of piperidine rings is 1. The molecule has 2 aromatic rings. The van der Waals surface area contributed by atoms with Gasteiger partial charge in [0.15, 0.2) is 0 Å². The minimum Gasteiger partial charge on any atom is -0.379 e. The summed E-state index contributed by atoms with van der Waals surface area (Å²) in [6.07, 6.45) is 2.68. The summed E-state index contributed by atoms with van der Waals surface area (Å²) in [6.45, 7) is 1.81. The molecule has 1 aromatic heterocycles. The number of anilines is 1. The van der Waals surface area contributed by atoms with E-state index in [1.54, 1.807) is 13.2 Å². The molecule has 0 amide bonds. The molecule has 0 unspecified atom stereocenters. The van der Waals surface area contributed by atoms with E-state index in [9.17, 15) is 4.79 Å². The van der Waals surface area contributed by atoms with Crippen molar-refractivity contribution in [3.63, 3.8) is 0 Å². The minimum absolute atomic E-state index is 0.142. The average Bonchev–Trinajstić information content (AvgIpc) is 2.62. The summed E-state index contributed by atoms with van der Waals surface area (Å²) in [5.41, 5.74) is 3.04. The van der Waals surface area contributed by atoms with Gasteiger partial charge in [0.1, 0.15) is 4.47 Å². The molecule has 2 heterocycles. The normalized spacial score (nSPS) is 20.8. The van der Waals surface area contributed by atoms with Crippen LogP contribution in [0.3, 0.4) is 0 Å². The molecule has 0 spiro atoms. The third kappa shape index (κ3) is 3.82. The zero-order valence-corrected chi connectivity index (χ0v) is 15.8. The second-order valence-corrected chi connectivity index (χ2v) is 7.17. The van der Waals surface area contributed by atoms with E-state index in [1.807, 2.05) is 0 Å². The Morgan fingerprint density at radius 2 is 2.12 bits per heavy atom. The van der Waals surface area contributed by atoms with E-state index >= 15 is 0 Å². The molecule has 128 valence electrons. The molecule has 24 heavy (non-hydrogen) atoms. The van der Waals surface area contributed by atoms with E-state index in [1.165, 1.54) is 10.2 Å². The largest absolute Gasteiger partial charge is 0.379 e. The first-order valence-electron chi connectivity index (χ1n) is 7.92. The SMILES string of the molecule is Cn1ncc(N[C@H]2CNC[C@@H](c3ccc(CCl)cc3)C2)c(Br)c1=O. The number of nitrogens with one attached hydrogen (secondary N) is 2. The number of aryl methyl sites for hydroxylation is 1. The predicted molar refractivity (Wildman–Crippen MR) is 101 cm³/mol. The smallest absolute Gasteiger partial charge is 0.282 e. The molecule has 1 fully saturated rings. The van der Waals surface area contributed by atoms with Crippen molar-refractivity contribution in [2.75, 3.05) is 18.4 Å². The Labute approximate surface area is 154 Å². The quantitative estimate of drug-likeness (QED) is 0.760. The van der Waals surface area contributed by atoms with Crippen LogP contribution >= 0.6 is 27.5 Å². The standard InChI is InChI=1S/C17H20BrClN4O/c1-23-17(24)16(18)15(10-21-23)22-14-6-13(8-20-9-14)12-4-2-11(7-19)3-5-12/h2-5,10,13-14,20,22H,6-9H2,1H3/t13-,14+/m0/s1. The lowest BCUT2D eigenvalue weighted by Crippen LogP contribution is -2.42. The van der Waals surface area contributed by atoms with E-state index in [0.717, 1.165) is 30.8 Å². The molecule has 1 aliphatic heterocycles. The molecular weight excluding hydrogens is 392 g/mol. The summed E-state index contributed by atoms with van der Waals surface area (Å²) < 4.78 is 1.84. The molecule has 1 aliphatic rings. The van der Waals surface area contributed by atoms with Crippen molar-refractivity contribution in [1.29, 1.82) is 0 Å². The van der Waals surface area contributed by atoms with Crippen molar-refractivity contribution in [2.24, 2.45) is 7.05 Å². The van der Waals surface area contributed by atoms with Crippen LogP contribution in [0.25, 0.3) is 0 Å². The van der Waals surface area contributed by atoms with Crippen molar-refractivity contribution in [1.82, 2.24) is 15.1 Å². The van der Waals surface area contributed by atoms with Gasteiger partial charge in [-0.05, 0) is 39.4 Å². The zero-order valence-electron chi connectivity index (χ0n) is 13.4. The van der Waals surface area contributed by atoms with Crippen LogP contribution in [-0.4, -0.2) is 28.9 Å². The topological polar surface area (TPSA) is 59.0 Å². The Morgan fingerprint density at radius 1 is 1.38 bits per heavy atom. The van der Waals surface area contributed by atoms with Crippen LogP contribution in [0, 0.1) is 0 Å². The van der Waals surface area contributed by atoms with Gasteiger partial charge in [-0.2, -0.15) is 5.10 Å². The van der Waals surface area contributed by atoms with Crippen LogP contribution in [0.1, 0.15) is 23.5 Å². The first kappa shape index (κ1) is 17.5. The van der Waals surface area contributed by atoms with Gasteiger partial charge in [-0.25, -0.2) is 4.68 Å². The molecule has 2 atom stereocenters. The summed E-state index contributed by atoms with van der Waals surface area (Å²) in [6, 6.07) is 8.72. The number of alkyl halides is 1. The first-order valence-corrected chi connectivity index (χ1v) is 9.25. The number of rotatable bonds is 4. The number of nitrogens with zero attached hydrogens (tertiary/aromatic N) is 2. The Morgan fingerprint density at radius 3 is 2.83 bits per heavy atom. The molecule has 0 saturated carbocycles. The van der Waals surface area contributed by atoms with Crippen molar-refractivity contribution in [3.05, 3.63) is 56.4 Å². The first-order chi connectivity index (χ1) is 11.6. The lowest BCUT2D eigenvalue weighted by Gasteiger charge is -2.31. The van der Waals surface area contributed by atoms with Crippen LogP contribution in [0.4, 0.5) is 5.69 Å². The second kappa shape index (κ2) is 7.68. The predicted octanol–water partition coefficient (Wildman–Crippen LogP) is 2.84. The molecule has 1 aromatic carbocycles. The van der Waals surface area contributed by atoms with E-state index < -0.39 is 0 Å². The zero-order chi connectivity index (χ0) is 17.1. The Kier molecular flexibility index (Phi) is 5.58. The molecule has 0 bridgehead atoms. The number of halogens is 2. The lowest BCUT2D eigenvalue weighted by atomic mass is 9.88. The van der Waals surface area contributed by atoms with Gasteiger partial charge in [-0.15, -0.1) is 11.6 Å². The van der Waals surface area contributed by atoms with Gasteiger partial charge in [0.05, 0.1) is 11.9 Å². The van der Waals surface area contributed by atoms with Crippen LogP contribution in [0.15, 0.2) is 39.7 Å². The third-order valence-corrected chi connectivity index (χ3v) is 5.47. The van der Waals surface area contributed by atoms with Crippen LogP contribution < -0.4 is 16.2 Å². The maximum absolute atomic E-state index is 12.0. The molecule has 2 N–H and O–H groups in total. The fourth-order valence-electron chi connectivity index (χ4n) is 3.02. The van der Waals surface area contributed by atoms with E-state index in [-0.39, 0.29) is 11.6 Å². The fourth-order valence-corrected chi connectivity index (χ4v) is 3.67. The summed E-state index contributed by atoms with van der Waals surface area (Å²) in [7, 11) is 1.64. The van der Waals surface area contributed by atoms with Gasteiger partial charge in [-0.1, -0.05) is 24.3 Å². The van der Waals surface area contributed by atoms with E-state index in [4.69, 9.17) is 11.6 Å². The monoisotopic (exact) mass is 410 g/mol. The summed E-state index contributed by atoms with van der Waals surface area (Å²) >= 11 is 9.22. The summed E-state index contributed by atoms with van der Waals surface area (Å²) in [4.78, 5) is 12.0. The Balaban J connectivity index is 1.71. The highest BCUT2D eigenvalue weighted by atomic mass is 79.9. The van der Waals surface area contributed by atoms with Gasteiger partial charge in [0, 0.05) is 32.1 Å². The van der Waals surface area contributed by atoms with Crippen molar-refractivity contribution in [2.45, 2.75) is 24.3 Å².